The van der Waals surface area contributed by atoms with Crippen LogP contribution in [0.4, 0.5) is 4.39 Å². The van der Waals surface area contributed by atoms with Gasteiger partial charge in [-0.3, -0.25) is 19.8 Å². The van der Waals surface area contributed by atoms with E-state index >= 15 is 0 Å². The van der Waals surface area contributed by atoms with Crippen molar-refractivity contribution in [2.24, 2.45) is 0 Å². The number of rotatable bonds is 8. The second kappa shape index (κ2) is 12.1. The number of hydrazine groups is 1. The van der Waals surface area contributed by atoms with E-state index in [1.54, 1.807) is 37.8 Å². The van der Waals surface area contributed by atoms with Crippen molar-refractivity contribution < 1.29 is 28.6 Å². The second-order valence-corrected chi connectivity index (χ2v) is 11.5. The first kappa shape index (κ1) is 29.8. The first-order valence-electron chi connectivity index (χ1n) is 13.4. The van der Waals surface area contributed by atoms with E-state index in [0.717, 1.165) is 5.56 Å². The van der Waals surface area contributed by atoms with Crippen LogP contribution in [0.25, 0.3) is 0 Å². The molecular weight excluding hydrogens is 539 g/mol. The maximum absolute atomic E-state index is 13.9. The normalized spacial score (nSPS) is 23.9. The number of carbonyl (C=O) groups is 3. The van der Waals surface area contributed by atoms with Gasteiger partial charge in [0.2, 0.25) is 5.91 Å². The van der Waals surface area contributed by atoms with Gasteiger partial charge in [0.05, 0.1) is 17.7 Å². The summed E-state index contributed by atoms with van der Waals surface area (Å²) < 4.78 is 19.7. The van der Waals surface area contributed by atoms with Crippen LogP contribution in [0.5, 0.6) is 5.75 Å². The molecule has 0 aliphatic carbocycles. The molecule has 2 heterocycles. The van der Waals surface area contributed by atoms with Crippen LogP contribution < -0.4 is 20.9 Å². The number of ether oxygens (including phenoxy) is 1. The molecule has 4 rings (SSSR count). The Morgan fingerprint density at radius 3 is 2.67 bits per heavy atom. The minimum atomic E-state index is -1.17. The zero-order valence-corrected chi connectivity index (χ0v) is 23.8. The molecule has 2 unspecified atom stereocenters. The van der Waals surface area contributed by atoms with Gasteiger partial charge in [-0.2, -0.15) is 0 Å². The average Bonchev–Trinajstić information content (AvgIpc) is 3.36. The third kappa shape index (κ3) is 6.56. The third-order valence-corrected chi connectivity index (χ3v) is 7.68. The summed E-state index contributed by atoms with van der Waals surface area (Å²) in [6, 6.07) is 9.82. The Bertz CT molecular complexity index is 1270. The lowest BCUT2D eigenvalue weighted by molar-refractivity contribution is -0.141. The van der Waals surface area contributed by atoms with E-state index in [4.69, 9.17) is 16.3 Å². The molecule has 0 radical (unpaired) electrons. The summed E-state index contributed by atoms with van der Waals surface area (Å²) in [5.41, 5.74) is 5.29. The van der Waals surface area contributed by atoms with Crippen molar-refractivity contribution in [3.05, 3.63) is 64.2 Å². The SMILES string of the molecule is CC1CC(Oc2ccc(C(=O)N[C@H](C)C(=O)N3[C@H](c4cccc(Cl)c4)CC[C@@H]3C(C)(C)O)cc2CF)C(=O)NN1. The van der Waals surface area contributed by atoms with Crippen LogP contribution in [-0.4, -0.2) is 57.6 Å². The van der Waals surface area contributed by atoms with E-state index in [0.29, 0.717) is 24.3 Å². The minimum absolute atomic E-state index is 0.0225. The van der Waals surface area contributed by atoms with Crippen LogP contribution in [0.3, 0.4) is 0 Å². The molecule has 216 valence electrons. The fourth-order valence-electron chi connectivity index (χ4n) is 5.38. The summed E-state index contributed by atoms with van der Waals surface area (Å²) in [4.78, 5) is 40.6. The van der Waals surface area contributed by atoms with Gasteiger partial charge in [0.1, 0.15) is 18.5 Å². The largest absolute Gasteiger partial charge is 0.480 e. The topological polar surface area (TPSA) is 120 Å². The molecule has 0 spiro atoms. The molecule has 9 nitrogen and oxygen atoms in total. The van der Waals surface area contributed by atoms with Crippen molar-refractivity contribution in [2.45, 2.75) is 89.5 Å². The quantitative estimate of drug-likeness (QED) is 0.382. The first-order valence-corrected chi connectivity index (χ1v) is 13.8. The van der Waals surface area contributed by atoms with Gasteiger partial charge in [-0.15, -0.1) is 0 Å². The van der Waals surface area contributed by atoms with Gasteiger partial charge in [0.15, 0.2) is 6.10 Å². The van der Waals surface area contributed by atoms with Crippen molar-refractivity contribution in [1.82, 2.24) is 21.1 Å². The van der Waals surface area contributed by atoms with Gasteiger partial charge in [0, 0.05) is 28.6 Å². The molecule has 5 atom stereocenters. The molecule has 0 bridgehead atoms. The van der Waals surface area contributed by atoms with E-state index in [9.17, 15) is 23.9 Å². The number of likely N-dealkylation sites (tertiary alicyclic amines) is 1. The van der Waals surface area contributed by atoms with Crippen LogP contribution in [0.2, 0.25) is 5.02 Å². The highest BCUT2D eigenvalue weighted by molar-refractivity contribution is 6.30. The highest BCUT2D eigenvalue weighted by Gasteiger charge is 2.45. The van der Waals surface area contributed by atoms with Crippen LogP contribution in [0, 0.1) is 0 Å². The number of nitrogens with one attached hydrogen (secondary N) is 3. The minimum Gasteiger partial charge on any atom is -0.480 e. The monoisotopic (exact) mass is 574 g/mol. The maximum Gasteiger partial charge on any atom is 0.275 e. The lowest BCUT2D eigenvalue weighted by Crippen LogP contribution is -2.56. The number of benzene rings is 2. The Balaban J connectivity index is 1.50. The summed E-state index contributed by atoms with van der Waals surface area (Å²) in [5.74, 6) is -1.10. The van der Waals surface area contributed by atoms with Crippen LogP contribution >= 0.6 is 11.6 Å². The maximum atomic E-state index is 13.9. The van der Waals surface area contributed by atoms with E-state index in [2.05, 4.69) is 16.2 Å². The molecule has 4 N–H and O–H groups in total. The zero-order chi connectivity index (χ0) is 29.2. The lowest BCUT2D eigenvalue weighted by atomic mass is 9.96. The summed E-state index contributed by atoms with van der Waals surface area (Å²) in [5, 5.41) is 14.1. The number of hydrogen-bond donors (Lipinski definition) is 4. The molecule has 11 heteroatoms. The van der Waals surface area contributed by atoms with E-state index < -0.39 is 36.4 Å². The number of nitrogens with zero attached hydrogens (tertiary/aromatic N) is 1. The standard InChI is InChI=1S/C29H36ClFN4O5/c1-16-12-24(27(37)34-33-16)40-23-10-8-19(13-20(23)15-31)26(36)32-17(2)28(38)35-22(9-11-25(35)29(3,4)39)18-6-5-7-21(30)14-18/h5-8,10,13-14,16-17,22,24-25,33,39H,9,11-12,15H2,1-4H3,(H,32,36)(H,34,37)/t16?,17-,22+,24?,25-/m1/s1. The summed E-state index contributed by atoms with van der Waals surface area (Å²) in [6.45, 7) is 5.88. The Hall–Kier alpha value is -3.21. The number of alkyl halides is 1. The van der Waals surface area contributed by atoms with Crippen molar-refractivity contribution in [2.75, 3.05) is 0 Å². The Morgan fingerprint density at radius 2 is 2.00 bits per heavy atom. The molecule has 2 aromatic carbocycles. The van der Waals surface area contributed by atoms with Crippen molar-refractivity contribution in [3.63, 3.8) is 0 Å². The molecule has 2 saturated heterocycles. The molecule has 40 heavy (non-hydrogen) atoms. The third-order valence-electron chi connectivity index (χ3n) is 7.44. The number of amides is 3. The fourth-order valence-corrected chi connectivity index (χ4v) is 5.57. The Kier molecular flexibility index (Phi) is 9.02. The van der Waals surface area contributed by atoms with E-state index in [1.807, 2.05) is 19.1 Å². The number of aliphatic hydroxyl groups is 1. The number of hydrogen-bond acceptors (Lipinski definition) is 6. The highest BCUT2D eigenvalue weighted by Crippen LogP contribution is 2.41. The highest BCUT2D eigenvalue weighted by atomic mass is 35.5. The second-order valence-electron chi connectivity index (χ2n) is 11.1. The summed E-state index contributed by atoms with van der Waals surface area (Å²) in [6.07, 6.45) is 0.826. The summed E-state index contributed by atoms with van der Waals surface area (Å²) in [7, 11) is 0. The van der Waals surface area contributed by atoms with Gasteiger partial charge < -0.3 is 20.1 Å². The predicted octanol–water partition coefficient (Wildman–Crippen LogP) is 3.59. The van der Waals surface area contributed by atoms with E-state index in [1.165, 1.54) is 18.2 Å². The molecule has 0 aromatic heterocycles. The molecular formula is C29H36ClFN4O5. The van der Waals surface area contributed by atoms with Crippen LogP contribution in [0.15, 0.2) is 42.5 Å². The Morgan fingerprint density at radius 1 is 1.25 bits per heavy atom. The molecule has 2 aromatic rings. The zero-order valence-electron chi connectivity index (χ0n) is 23.0. The molecule has 3 amide bonds. The molecule has 2 fully saturated rings. The summed E-state index contributed by atoms with van der Waals surface area (Å²) >= 11 is 6.21. The Labute approximate surface area is 238 Å². The smallest absolute Gasteiger partial charge is 0.275 e. The number of carbonyl (C=O) groups excluding carboxylic acids is 3. The molecule has 2 aliphatic heterocycles. The van der Waals surface area contributed by atoms with Crippen molar-refractivity contribution in [3.8, 4) is 5.75 Å². The van der Waals surface area contributed by atoms with Crippen LogP contribution in [0.1, 0.15) is 74.5 Å². The fraction of sp³-hybridized carbons (Fsp3) is 0.483. The van der Waals surface area contributed by atoms with Crippen molar-refractivity contribution in [1.29, 1.82) is 0 Å². The van der Waals surface area contributed by atoms with Gasteiger partial charge in [-0.05, 0) is 76.4 Å². The van der Waals surface area contributed by atoms with Crippen LogP contribution in [-0.2, 0) is 16.3 Å². The van der Waals surface area contributed by atoms with Crippen molar-refractivity contribution >= 4 is 29.3 Å². The molecule has 0 saturated carbocycles. The van der Waals surface area contributed by atoms with Gasteiger partial charge >= 0.3 is 0 Å². The average molecular weight is 575 g/mol. The van der Waals surface area contributed by atoms with E-state index in [-0.39, 0.29) is 40.8 Å². The van der Waals surface area contributed by atoms with Gasteiger partial charge in [-0.1, -0.05) is 23.7 Å². The molecule has 2 aliphatic rings. The first-order chi connectivity index (χ1) is 18.9. The number of halogens is 2. The van der Waals surface area contributed by atoms with Gasteiger partial charge in [0.25, 0.3) is 11.8 Å². The predicted molar refractivity (Wildman–Crippen MR) is 148 cm³/mol. The van der Waals surface area contributed by atoms with Gasteiger partial charge in [-0.25, -0.2) is 9.82 Å². The lowest BCUT2D eigenvalue weighted by Gasteiger charge is -2.38.